The van der Waals surface area contributed by atoms with Gasteiger partial charge in [0.05, 0.1) is 31.8 Å². The molecule has 0 aromatic heterocycles. The van der Waals surface area contributed by atoms with Crippen LogP contribution in [-0.4, -0.2) is 274 Å². The first-order valence-corrected chi connectivity index (χ1v) is 20.4. The molecule has 5 aliphatic heterocycles. The van der Waals surface area contributed by atoms with Crippen molar-refractivity contribution in [1.29, 1.82) is 0 Å². The lowest BCUT2D eigenvalue weighted by Crippen LogP contribution is -2.70. The van der Waals surface area contributed by atoms with Gasteiger partial charge in [0, 0.05) is 35.2 Å². The first-order chi connectivity index (χ1) is 31.2. The number of aliphatic hydroxyl groups is 10. The maximum atomic E-state index is 12.8. The topological polar surface area (TPSA) is 431 Å². The van der Waals surface area contributed by atoms with Crippen molar-refractivity contribution < 1.29 is 142 Å². The molecule has 0 spiro atoms. The molecule has 0 aromatic rings. The number of carboxylic acids is 2. The molecule has 0 saturated carbocycles. The average Bonchev–Trinajstić information content (AvgIpc) is 3.27. The number of carboxylic acid groups (broad SMARTS) is 2. The van der Waals surface area contributed by atoms with Crippen molar-refractivity contribution in [3.63, 3.8) is 0 Å². The Morgan fingerprint density at radius 2 is 0.848 bits per heavy atom. The van der Waals surface area contributed by atoms with E-state index in [2.05, 4.69) is 0 Å². The van der Waals surface area contributed by atoms with Crippen LogP contribution in [-0.2, 0) is 80.8 Å². The standard InChI is InChI=1S/C37H58O29/c1-9(41)57-22-11(6-38)59-25(16(44)15(22)43)14-26(54-3)31(58-10(2)42)37(64-27(14)32(50)51)63-24-13(8-40)61-35(20(48)18(24)46)65-29-28(55-4)21(49)36(66-30(29)33(52)53)62-23-12(7-39)60-34(56-5)19(47)17(23)45/h11-31,34-40,43-49H,6-8H2,1-5H3,(H,50,51)(H,52,53)/t11-,12-,13-,14+,15-,16-,17-,18-,19-,20-,21-,22-,23-,24-,25?,26+,27+,28-,29+,30-,31-,34+,35-,36-,37-/m1/s1. The fourth-order valence-electron chi connectivity index (χ4n) is 8.70. The zero-order valence-electron chi connectivity index (χ0n) is 35.9. The quantitative estimate of drug-likeness (QED) is 0.0602. The molecule has 29 heteroatoms. The first-order valence-electron chi connectivity index (χ1n) is 20.4. The fraction of sp³-hybridized carbons (Fsp3) is 0.892. The average molecular weight is 967 g/mol. The van der Waals surface area contributed by atoms with Crippen LogP contribution >= 0.6 is 0 Å². The number of carbonyl (C=O) groups is 4. The van der Waals surface area contributed by atoms with Gasteiger partial charge < -0.3 is 123 Å². The van der Waals surface area contributed by atoms with Crippen LogP contribution in [0.4, 0.5) is 0 Å². The number of carbonyl (C=O) groups excluding carboxylic acids is 2. The maximum Gasteiger partial charge on any atom is 0.335 e. The third-order valence-electron chi connectivity index (χ3n) is 11.8. The number of hydrogen-bond acceptors (Lipinski definition) is 27. The number of aliphatic hydroxyl groups excluding tert-OH is 10. The highest BCUT2D eigenvalue weighted by atomic mass is 16.8. The Hall–Kier alpha value is -2.96. The molecule has 5 aliphatic rings. The molecule has 0 amide bonds. The number of rotatable bonds is 17. The van der Waals surface area contributed by atoms with Crippen LogP contribution in [0.3, 0.4) is 0 Å². The van der Waals surface area contributed by atoms with E-state index < -0.39 is 197 Å². The van der Waals surface area contributed by atoms with E-state index in [1.165, 1.54) is 0 Å². The van der Waals surface area contributed by atoms with E-state index in [0.29, 0.717) is 0 Å². The van der Waals surface area contributed by atoms with Crippen LogP contribution in [0.2, 0.25) is 0 Å². The number of esters is 2. The molecular weight excluding hydrogens is 908 g/mol. The zero-order valence-corrected chi connectivity index (χ0v) is 35.9. The van der Waals surface area contributed by atoms with Gasteiger partial charge in [0.1, 0.15) is 91.6 Å². The molecule has 0 aliphatic carbocycles. The molecule has 0 radical (unpaired) electrons. The summed E-state index contributed by atoms with van der Waals surface area (Å²) in [6.07, 6.45) is -44.9. The van der Waals surface area contributed by atoms with Crippen molar-refractivity contribution in [2.24, 2.45) is 5.92 Å². The summed E-state index contributed by atoms with van der Waals surface area (Å²) in [7, 11) is 3.20. The normalized spacial score (nSPS) is 46.6. The van der Waals surface area contributed by atoms with Gasteiger partial charge >= 0.3 is 23.9 Å². The van der Waals surface area contributed by atoms with Crippen molar-refractivity contribution >= 4 is 23.9 Å². The molecular formula is C37H58O29. The Balaban J connectivity index is 1.37. The highest BCUT2D eigenvalue weighted by Crippen LogP contribution is 2.41. The van der Waals surface area contributed by atoms with Gasteiger partial charge in [0.2, 0.25) is 0 Å². The summed E-state index contributed by atoms with van der Waals surface area (Å²) in [6.45, 7) is -0.872. The predicted octanol–water partition coefficient (Wildman–Crippen LogP) is -8.36. The minimum absolute atomic E-state index is 0.809. The van der Waals surface area contributed by atoms with E-state index in [4.69, 9.17) is 61.6 Å². The van der Waals surface area contributed by atoms with Crippen LogP contribution in [0, 0.1) is 5.92 Å². The highest BCUT2D eigenvalue weighted by molar-refractivity contribution is 5.74. The molecule has 66 heavy (non-hydrogen) atoms. The minimum Gasteiger partial charge on any atom is -0.479 e. The van der Waals surface area contributed by atoms with Crippen LogP contribution < -0.4 is 0 Å². The second-order valence-electron chi connectivity index (χ2n) is 15.9. The van der Waals surface area contributed by atoms with E-state index in [1.54, 1.807) is 0 Å². The molecule has 1 unspecified atom stereocenters. The molecule has 12 N–H and O–H groups in total. The molecule has 5 rings (SSSR count). The molecule has 5 saturated heterocycles. The summed E-state index contributed by atoms with van der Waals surface area (Å²) in [5.74, 6) is -7.21. The molecule has 5 fully saturated rings. The van der Waals surface area contributed by atoms with E-state index in [9.17, 15) is 80.5 Å². The Bertz CT molecular complexity index is 1620. The molecule has 25 atom stereocenters. The summed E-state index contributed by atoms with van der Waals surface area (Å²) in [5, 5.41) is 128. The van der Waals surface area contributed by atoms with E-state index in [0.717, 1.165) is 35.2 Å². The van der Waals surface area contributed by atoms with Crippen molar-refractivity contribution in [1.82, 2.24) is 0 Å². The second kappa shape index (κ2) is 23.1. The number of methoxy groups -OCH3 is 3. The zero-order chi connectivity index (χ0) is 49.1. The Labute approximate surface area is 374 Å². The van der Waals surface area contributed by atoms with Gasteiger partial charge in [-0.05, 0) is 0 Å². The van der Waals surface area contributed by atoms with Gasteiger partial charge in [-0.2, -0.15) is 0 Å². The molecule has 29 nitrogen and oxygen atoms in total. The summed E-state index contributed by atoms with van der Waals surface area (Å²) in [4.78, 5) is 49.6. The van der Waals surface area contributed by atoms with Gasteiger partial charge in [0.25, 0.3) is 0 Å². The monoisotopic (exact) mass is 966 g/mol. The third kappa shape index (κ3) is 11.1. The van der Waals surface area contributed by atoms with Gasteiger partial charge in [-0.25, -0.2) is 9.59 Å². The van der Waals surface area contributed by atoms with Crippen LogP contribution in [0.15, 0.2) is 0 Å². The Kier molecular flexibility index (Phi) is 18.9. The third-order valence-corrected chi connectivity index (χ3v) is 11.8. The number of ether oxygens (including phenoxy) is 13. The minimum atomic E-state index is -2.25. The fourth-order valence-corrected chi connectivity index (χ4v) is 8.70. The lowest BCUT2D eigenvalue weighted by Gasteiger charge is -2.52. The number of hydrogen-bond donors (Lipinski definition) is 12. The lowest BCUT2D eigenvalue weighted by molar-refractivity contribution is -0.386. The van der Waals surface area contributed by atoms with Crippen molar-refractivity contribution in [2.75, 3.05) is 41.2 Å². The predicted molar refractivity (Wildman–Crippen MR) is 200 cm³/mol. The van der Waals surface area contributed by atoms with Gasteiger partial charge in [-0.15, -0.1) is 0 Å². The SMILES string of the molecule is CO[C@H]1O[C@H](CO)[C@@H](O[C@@H]2O[C@@H](C(=O)O)[C@@H](O[C@H]3O[C@H](CO)[C@@H](O[C@@H]4O[C@H](C(=O)O)[C@@H](C5O[C@H](CO)[C@@H](OC(C)=O)[C@H](O)[C@H]5O)[C@H](OC)[C@H]4OC(C)=O)[C@H](O)[C@H]3O)[C@H](OC)[C@H]2O)[C@H](O)[C@H]1O. The second-order valence-corrected chi connectivity index (χ2v) is 15.9. The molecule has 0 aromatic carbocycles. The largest absolute Gasteiger partial charge is 0.479 e. The van der Waals surface area contributed by atoms with E-state index >= 15 is 0 Å². The van der Waals surface area contributed by atoms with Crippen LogP contribution in [0.5, 0.6) is 0 Å². The van der Waals surface area contributed by atoms with Gasteiger partial charge in [0.15, 0.2) is 49.6 Å². The van der Waals surface area contributed by atoms with E-state index in [1.807, 2.05) is 0 Å². The lowest BCUT2D eigenvalue weighted by atomic mass is 9.78. The molecule has 5 heterocycles. The van der Waals surface area contributed by atoms with Crippen LogP contribution in [0.25, 0.3) is 0 Å². The van der Waals surface area contributed by atoms with Gasteiger partial charge in [-0.1, -0.05) is 0 Å². The van der Waals surface area contributed by atoms with Gasteiger partial charge in [-0.3, -0.25) is 9.59 Å². The first kappa shape index (κ1) is 54.0. The summed E-state index contributed by atoms with van der Waals surface area (Å²) in [5.41, 5.74) is 0. The van der Waals surface area contributed by atoms with Crippen molar-refractivity contribution in [3.8, 4) is 0 Å². The van der Waals surface area contributed by atoms with Crippen LogP contribution in [0.1, 0.15) is 13.8 Å². The highest BCUT2D eigenvalue weighted by Gasteiger charge is 2.62. The Morgan fingerprint density at radius 1 is 0.424 bits per heavy atom. The van der Waals surface area contributed by atoms with Crippen molar-refractivity contribution in [2.45, 2.75) is 161 Å². The maximum absolute atomic E-state index is 12.8. The summed E-state index contributed by atoms with van der Waals surface area (Å²) in [6, 6.07) is 0. The molecule has 0 bridgehead atoms. The summed E-state index contributed by atoms with van der Waals surface area (Å²) < 4.78 is 71.8. The molecule has 380 valence electrons. The van der Waals surface area contributed by atoms with E-state index in [-0.39, 0.29) is 0 Å². The van der Waals surface area contributed by atoms with Crippen molar-refractivity contribution in [3.05, 3.63) is 0 Å². The summed E-state index contributed by atoms with van der Waals surface area (Å²) >= 11 is 0. The Morgan fingerprint density at radius 3 is 1.33 bits per heavy atom. The smallest absolute Gasteiger partial charge is 0.335 e. The number of aliphatic carboxylic acids is 2.